The number of nitrogen functional groups attached to an aromatic ring is 1. The summed E-state index contributed by atoms with van der Waals surface area (Å²) in [7, 11) is 0. The summed E-state index contributed by atoms with van der Waals surface area (Å²) in [6.45, 7) is 5.82. The third-order valence-electron chi connectivity index (χ3n) is 3.54. The van der Waals surface area contributed by atoms with E-state index in [9.17, 15) is 4.79 Å². The van der Waals surface area contributed by atoms with Gasteiger partial charge in [0.25, 0.3) is 0 Å². The topological polar surface area (TPSA) is 61.6 Å². The first kappa shape index (κ1) is 13.9. The summed E-state index contributed by atoms with van der Waals surface area (Å²) in [6.07, 6.45) is 1.91. The normalized spacial score (nSPS) is 16.3. The van der Waals surface area contributed by atoms with Crippen LogP contribution in [0.1, 0.15) is 34.3 Å². The zero-order valence-electron chi connectivity index (χ0n) is 11.6. The average molecular weight is 263 g/mol. The van der Waals surface area contributed by atoms with Gasteiger partial charge in [-0.15, -0.1) is 0 Å². The molecule has 1 fully saturated rings. The lowest BCUT2D eigenvalue weighted by atomic mass is 10.0. The molecule has 4 heteroatoms. The fourth-order valence-electron chi connectivity index (χ4n) is 2.33. The van der Waals surface area contributed by atoms with E-state index in [1.54, 1.807) is 6.07 Å². The molecule has 0 radical (unpaired) electrons. The lowest BCUT2D eigenvalue weighted by molar-refractivity contribution is 0.0186. The quantitative estimate of drug-likeness (QED) is 0.672. The lowest BCUT2D eigenvalue weighted by Gasteiger charge is -2.21. The van der Waals surface area contributed by atoms with Gasteiger partial charge in [-0.25, -0.2) is 4.79 Å². The molecule has 0 unspecified atom stereocenters. The fraction of sp³-hybridized carbons (Fsp3) is 0.533. The van der Waals surface area contributed by atoms with Gasteiger partial charge in [-0.05, 0) is 49.8 Å². The van der Waals surface area contributed by atoms with Crippen LogP contribution in [-0.2, 0) is 9.47 Å². The van der Waals surface area contributed by atoms with Crippen LogP contribution in [-0.4, -0.2) is 25.8 Å². The Hall–Kier alpha value is -1.55. The Kier molecular flexibility index (Phi) is 4.43. The number of anilines is 1. The molecular formula is C15H21NO3. The summed E-state index contributed by atoms with van der Waals surface area (Å²) in [5.41, 5.74) is 8.87. The number of carbonyl (C=O) groups is 1. The molecule has 4 nitrogen and oxygen atoms in total. The molecule has 0 saturated carbocycles. The lowest BCUT2D eigenvalue weighted by Crippen LogP contribution is -2.22. The van der Waals surface area contributed by atoms with Crippen LogP contribution < -0.4 is 5.73 Å². The largest absolute Gasteiger partial charge is 0.462 e. The first-order chi connectivity index (χ1) is 9.08. The van der Waals surface area contributed by atoms with Crippen LogP contribution >= 0.6 is 0 Å². The van der Waals surface area contributed by atoms with E-state index in [1.807, 2.05) is 19.9 Å². The van der Waals surface area contributed by atoms with E-state index >= 15 is 0 Å². The van der Waals surface area contributed by atoms with Gasteiger partial charge in [0.15, 0.2) is 0 Å². The number of aryl methyl sites for hydroxylation is 2. The zero-order chi connectivity index (χ0) is 13.8. The molecule has 2 N–H and O–H groups in total. The number of ether oxygens (including phenoxy) is 2. The minimum atomic E-state index is -0.323. The van der Waals surface area contributed by atoms with E-state index in [0.29, 0.717) is 23.8 Å². The molecule has 0 bridgehead atoms. The third kappa shape index (κ3) is 3.47. The maximum Gasteiger partial charge on any atom is 0.340 e. The molecule has 1 aliphatic heterocycles. The van der Waals surface area contributed by atoms with E-state index in [4.69, 9.17) is 15.2 Å². The van der Waals surface area contributed by atoms with Gasteiger partial charge in [0.2, 0.25) is 0 Å². The SMILES string of the molecule is Cc1cc(C)c(N)c(C(=O)OCC2CCOCC2)c1. The summed E-state index contributed by atoms with van der Waals surface area (Å²) in [5, 5.41) is 0. The highest BCUT2D eigenvalue weighted by Crippen LogP contribution is 2.21. The Morgan fingerprint density at radius 3 is 2.74 bits per heavy atom. The predicted molar refractivity (Wildman–Crippen MR) is 74.2 cm³/mol. The van der Waals surface area contributed by atoms with Gasteiger partial charge in [-0.2, -0.15) is 0 Å². The van der Waals surface area contributed by atoms with Crippen molar-refractivity contribution in [1.82, 2.24) is 0 Å². The van der Waals surface area contributed by atoms with Crippen molar-refractivity contribution in [3.05, 3.63) is 28.8 Å². The standard InChI is InChI=1S/C15H21NO3/c1-10-7-11(2)14(16)13(8-10)15(17)19-9-12-3-5-18-6-4-12/h7-8,12H,3-6,9,16H2,1-2H3. The number of carbonyl (C=O) groups excluding carboxylic acids is 1. The predicted octanol–water partition coefficient (Wildman–Crippen LogP) is 2.47. The van der Waals surface area contributed by atoms with Crippen molar-refractivity contribution in [3.63, 3.8) is 0 Å². The van der Waals surface area contributed by atoms with Crippen LogP contribution in [0.2, 0.25) is 0 Å². The van der Waals surface area contributed by atoms with Gasteiger partial charge in [-0.3, -0.25) is 0 Å². The van der Waals surface area contributed by atoms with Gasteiger partial charge in [0, 0.05) is 18.9 Å². The number of rotatable bonds is 3. The van der Waals surface area contributed by atoms with Crippen LogP contribution in [0.4, 0.5) is 5.69 Å². The Morgan fingerprint density at radius 2 is 2.05 bits per heavy atom. The van der Waals surface area contributed by atoms with E-state index in [0.717, 1.165) is 37.2 Å². The molecule has 1 saturated heterocycles. The summed E-state index contributed by atoms with van der Waals surface area (Å²) >= 11 is 0. The van der Waals surface area contributed by atoms with Crippen molar-refractivity contribution in [1.29, 1.82) is 0 Å². The van der Waals surface area contributed by atoms with Gasteiger partial charge in [0.05, 0.1) is 12.2 Å². The Morgan fingerprint density at radius 1 is 1.37 bits per heavy atom. The summed E-state index contributed by atoms with van der Waals surface area (Å²) in [5.74, 6) is 0.0839. The second-order valence-electron chi connectivity index (χ2n) is 5.20. The van der Waals surface area contributed by atoms with Gasteiger partial charge in [0.1, 0.15) is 0 Å². The highest BCUT2D eigenvalue weighted by molar-refractivity contribution is 5.96. The van der Waals surface area contributed by atoms with Crippen molar-refractivity contribution in [2.75, 3.05) is 25.6 Å². The molecule has 1 aromatic carbocycles. The summed E-state index contributed by atoms with van der Waals surface area (Å²) in [4.78, 5) is 12.1. The molecule has 0 atom stereocenters. The number of nitrogens with two attached hydrogens (primary N) is 1. The number of benzene rings is 1. The molecule has 0 spiro atoms. The van der Waals surface area contributed by atoms with Crippen LogP contribution in [0.3, 0.4) is 0 Å². The highest BCUT2D eigenvalue weighted by atomic mass is 16.5. The minimum Gasteiger partial charge on any atom is -0.462 e. The van der Waals surface area contributed by atoms with Gasteiger partial charge in [-0.1, -0.05) is 6.07 Å². The van der Waals surface area contributed by atoms with Gasteiger partial charge < -0.3 is 15.2 Å². The molecule has 2 rings (SSSR count). The summed E-state index contributed by atoms with van der Waals surface area (Å²) < 4.78 is 10.7. The minimum absolute atomic E-state index is 0.323. The second kappa shape index (κ2) is 6.06. The second-order valence-corrected chi connectivity index (χ2v) is 5.20. The highest BCUT2D eigenvalue weighted by Gasteiger charge is 2.18. The fourth-order valence-corrected chi connectivity index (χ4v) is 2.33. The van der Waals surface area contributed by atoms with Crippen molar-refractivity contribution >= 4 is 11.7 Å². The smallest absolute Gasteiger partial charge is 0.340 e. The molecule has 1 aliphatic rings. The Balaban J connectivity index is 1.99. The maximum atomic E-state index is 12.1. The van der Waals surface area contributed by atoms with E-state index in [2.05, 4.69) is 0 Å². The van der Waals surface area contributed by atoms with Crippen molar-refractivity contribution < 1.29 is 14.3 Å². The van der Waals surface area contributed by atoms with E-state index in [1.165, 1.54) is 0 Å². The van der Waals surface area contributed by atoms with Gasteiger partial charge >= 0.3 is 5.97 Å². The molecule has 0 aromatic heterocycles. The van der Waals surface area contributed by atoms with Crippen molar-refractivity contribution in [2.45, 2.75) is 26.7 Å². The van der Waals surface area contributed by atoms with Crippen LogP contribution in [0.15, 0.2) is 12.1 Å². The molecule has 1 heterocycles. The Labute approximate surface area is 113 Å². The number of hydrogen-bond acceptors (Lipinski definition) is 4. The van der Waals surface area contributed by atoms with E-state index < -0.39 is 0 Å². The molecule has 0 aliphatic carbocycles. The monoisotopic (exact) mass is 263 g/mol. The first-order valence-corrected chi connectivity index (χ1v) is 6.69. The molecule has 19 heavy (non-hydrogen) atoms. The van der Waals surface area contributed by atoms with Crippen LogP contribution in [0, 0.1) is 19.8 Å². The maximum absolute atomic E-state index is 12.1. The van der Waals surface area contributed by atoms with Crippen molar-refractivity contribution in [2.24, 2.45) is 5.92 Å². The molecular weight excluding hydrogens is 242 g/mol. The zero-order valence-corrected chi connectivity index (χ0v) is 11.6. The van der Waals surface area contributed by atoms with Crippen molar-refractivity contribution in [3.8, 4) is 0 Å². The first-order valence-electron chi connectivity index (χ1n) is 6.69. The Bertz CT molecular complexity index is 465. The van der Waals surface area contributed by atoms with Crippen LogP contribution in [0.25, 0.3) is 0 Å². The molecule has 0 amide bonds. The molecule has 104 valence electrons. The summed E-state index contributed by atoms with van der Waals surface area (Å²) in [6, 6.07) is 3.75. The number of esters is 1. The molecule has 1 aromatic rings. The van der Waals surface area contributed by atoms with Crippen LogP contribution in [0.5, 0.6) is 0 Å². The average Bonchev–Trinajstić information content (AvgIpc) is 2.41. The van der Waals surface area contributed by atoms with E-state index in [-0.39, 0.29) is 5.97 Å². The number of hydrogen-bond donors (Lipinski definition) is 1. The third-order valence-corrected chi connectivity index (χ3v) is 3.54.